The van der Waals surface area contributed by atoms with E-state index in [9.17, 15) is 4.79 Å². The molecule has 4 heteroatoms. The molecule has 21 heavy (non-hydrogen) atoms. The Balaban J connectivity index is 2.56. The zero-order chi connectivity index (χ0) is 16.3. The smallest absolute Gasteiger partial charge is 0.238 e. The van der Waals surface area contributed by atoms with E-state index >= 15 is 0 Å². The highest BCUT2D eigenvalue weighted by atomic mass is 35.5. The number of aryl methyl sites for hydroxylation is 1. The maximum Gasteiger partial charge on any atom is 0.238 e. The molecule has 118 valence electrons. The van der Waals surface area contributed by atoms with Gasteiger partial charge in [0.1, 0.15) is 0 Å². The van der Waals surface area contributed by atoms with E-state index in [4.69, 9.17) is 11.6 Å². The zero-order valence-electron chi connectivity index (χ0n) is 13.9. The first-order valence-corrected chi connectivity index (χ1v) is 7.67. The van der Waals surface area contributed by atoms with Gasteiger partial charge in [-0.05, 0) is 50.3 Å². The summed E-state index contributed by atoms with van der Waals surface area (Å²) >= 11 is 5.96. The van der Waals surface area contributed by atoms with E-state index in [2.05, 4.69) is 45.3 Å². The van der Waals surface area contributed by atoms with Gasteiger partial charge >= 0.3 is 0 Å². The SMILES string of the molecule is Cc1ccc(Cl)cc1NC(=O)CNC(C)(C)CC(C)(C)C. The highest BCUT2D eigenvalue weighted by Crippen LogP contribution is 2.26. The van der Waals surface area contributed by atoms with Crippen LogP contribution in [0.1, 0.15) is 46.6 Å². The summed E-state index contributed by atoms with van der Waals surface area (Å²) in [5.74, 6) is -0.0534. The lowest BCUT2D eigenvalue weighted by atomic mass is 9.82. The van der Waals surface area contributed by atoms with Crippen molar-refractivity contribution in [1.29, 1.82) is 0 Å². The molecular weight excluding hydrogens is 284 g/mol. The maximum atomic E-state index is 12.1. The first kappa shape index (κ1) is 18.0. The number of hydrogen-bond donors (Lipinski definition) is 2. The summed E-state index contributed by atoms with van der Waals surface area (Å²) in [5, 5.41) is 6.85. The van der Waals surface area contributed by atoms with Crippen LogP contribution >= 0.6 is 11.6 Å². The van der Waals surface area contributed by atoms with Crippen LogP contribution in [0.4, 0.5) is 5.69 Å². The molecule has 1 rings (SSSR count). The second kappa shape index (κ2) is 6.80. The lowest BCUT2D eigenvalue weighted by molar-refractivity contribution is -0.115. The lowest BCUT2D eigenvalue weighted by Gasteiger charge is -2.33. The Morgan fingerprint density at radius 3 is 2.38 bits per heavy atom. The number of nitrogens with one attached hydrogen (secondary N) is 2. The van der Waals surface area contributed by atoms with E-state index in [1.807, 2.05) is 19.1 Å². The summed E-state index contributed by atoms with van der Waals surface area (Å²) in [5.41, 5.74) is 1.90. The molecule has 1 amide bonds. The number of benzene rings is 1. The molecule has 0 spiro atoms. The molecule has 0 bridgehead atoms. The average Bonchev–Trinajstić information content (AvgIpc) is 2.28. The molecule has 0 unspecified atom stereocenters. The summed E-state index contributed by atoms with van der Waals surface area (Å²) in [6, 6.07) is 5.49. The molecule has 0 aliphatic carbocycles. The molecule has 0 fully saturated rings. The summed E-state index contributed by atoms with van der Waals surface area (Å²) < 4.78 is 0. The van der Waals surface area contributed by atoms with Crippen LogP contribution in [0.3, 0.4) is 0 Å². The molecule has 3 nitrogen and oxygen atoms in total. The van der Waals surface area contributed by atoms with Gasteiger partial charge in [-0.1, -0.05) is 38.4 Å². The predicted octanol–water partition coefficient (Wildman–Crippen LogP) is 4.39. The molecule has 1 aromatic rings. The Morgan fingerprint density at radius 1 is 1.19 bits per heavy atom. The molecular formula is C17H27ClN2O. The number of rotatable bonds is 5. The maximum absolute atomic E-state index is 12.1. The van der Waals surface area contributed by atoms with Crippen LogP contribution in [0, 0.1) is 12.3 Å². The number of hydrogen-bond acceptors (Lipinski definition) is 2. The van der Waals surface area contributed by atoms with Gasteiger partial charge in [-0.15, -0.1) is 0 Å². The Morgan fingerprint density at radius 2 is 1.81 bits per heavy atom. The van der Waals surface area contributed by atoms with Crippen molar-refractivity contribution in [2.45, 2.75) is 53.5 Å². The summed E-state index contributed by atoms with van der Waals surface area (Å²) in [7, 11) is 0. The number of carbonyl (C=O) groups is 1. The fourth-order valence-corrected chi connectivity index (χ4v) is 2.80. The van der Waals surface area contributed by atoms with Gasteiger partial charge in [-0.3, -0.25) is 4.79 Å². The van der Waals surface area contributed by atoms with Crippen molar-refractivity contribution >= 4 is 23.2 Å². The van der Waals surface area contributed by atoms with Gasteiger partial charge in [0.15, 0.2) is 0 Å². The molecule has 0 saturated carbocycles. The summed E-state index contributed by atoms with van der Waals surface area (Å²) in [6.07, 6.45) is 0.990. The average molecular weight is 311 g/mol. The first-order valence-electron chi connectivity index (χ1n) is 7.30. The van der Waals surface area contributed by atoms with E-state index in [1.165, 1.54) is 0 Å². The van der Waals surface area contributed by atoms with Gasteiger partial charge < -0.3 is 10.6 Å². The monoisotopic (exact) mass is 310 g/mol. The van der Waals surface area contributed by atoms with E-state index in [0.29, 0.717) is 5.02 Å². The third-order valence-electron chi connectivity index (χ3n) is 3.17. The second-order valence-electron chi connectivity index (χ2n) is 7.48. The number of anilines is 1. The van der Waals surface area contributed by atoms with Crippen molar-refractivity contribution in [1.82, 2.24) is 5.32 Å². The molecule has 0 radical (unpaired) electrons. The van der Waals surface area contributed by atoms with Crippen molar-refractivity contribution < 1.29 is 4.79 Å². The lowest BCUT2D eigenvalue weighted by Crippen LogP contribution is -2.45. The van der Waals surface area contributed by atoms with Crippen LogP contribution in [-0.2, 0) is 4.79 Å². The Bertz CT molecular complexity index is 504. The fourth-order valence-electron chi connectivity index (χ4n) is 2.63. The van der Waals surface area contributed by atoms with Gasteiger partial charge in [-0.25, -0.2) is 0 Å². The molecule has 0 aliphatic rings. The van der Waals surface area contributed by atoms with Crippen molar-refractivity contribution in [3.8, 4) is 0 Å². The molecule has 2 N–H and O–H groups in total. The third kappa shape index (κ3) is 6.96. The standard InChI is InChI=1S/C17H27ClN2O/c1-12-7-8-13(18)9-14(12)20-15(21)10-19-17(5,6)11-16(2,3)4/h7-9,19H,10-11H2,1-6H3,(H,20,21). The van der Waals surface area contributed by atoms with Crippen molar-refractivity contribution in [2.24, 2.45) is 5.41 Å². The largest absolute Gasteiger partial charge is 0.325 e. The van der Waals surface area contributed by atoms with E-state index in [1.54, 1.807) is 6.07 Å². The van der Waals surface area contributed by atoms with Gasteiger partial charge in [0.2, 0.25) is 5.91 Å². The van der Waals surface area contributed by atoms with E-state index in [-0.39, 0.29) is 23.4 Å². The number of carbonyl (C=O) groups excluding carboxylic acids is 1. The predicted molar refractivity (Wildman–Crippen MR) is 91.0 cm³/mol. The van der Waals surface area contributed by atoms with Gasteiger partial charge in [0.05, 0.1) is 6.54 Å². The van der Waals surface area contributed by atoms with Crippen LogP contribution in [0.25, 0.3) is 0 Å². The van der Waals surface area contributed by atoms with Crippen molar-refractivity contribution in [3.05, 3.63) is 28.8 Å². The zero-order valence-corrected chi connectivity index (χ0v) is 14.7. The quantitative estimate of drug-likeness (QED) is 0.846. The van der Waals surface area contributed by atoms with Gasteiger partial charge in [-0.2, -0.15) is 0 Å². The fraction of sp³-hybridized carbons (Fsp3) is 0.588. The second-order valence-corrected chi connectivity index (χ2v) is 7.92. The molecule has 1 aromatic carbocycles. The van der Waals surface area contributed by atoms with Crippen LogP contribution in [0.2, 0.25) is 5.02 Å². The number of halogens is 1. The molecule has 0 aliphatic heterocycles. The third-order valence-corrected chi connectivity index (χ3v) is 3.41. The molecule has 0 atom stereocenters. The highest BCUT2D eigenvalue weighted by Gasteiger charge is 2.25. The van der Waals surface area contributed by atoms with Crippen LogP contribution in [-0.4, -0.2) is 18.0 Å². The van der Waals surface area contributed by atoms with Crippen LogP contribution in [0.15, 0.2) is 18.2 Å². The van der Waals surface area contributed by atoms with Crippen molar-refractivity contribution in [2.75, 3.05) is 11.9 Å². The summed E-state index contributed by atoms with van der Waals surface area (Å²) in [4.78, 5) is 12.1. The normalized spacial score (nSPS) is 12.3. The Labute approximate surface area is 133 Å². The molecule has 0 aromatic heterocycles. The van der Waals surface area contributed by atoms with Gasteiger partial charge in [0.25, 0.3) is 0 Å². The minimum atomic E-state index is -0.0844. The Kier molecular flexibility index (Phi) is 5.83. The Hall–Kier alpha value is -1.06. The van der Waals surface area contributed by atoms with E-state index in [0.717, 1.165) is 17.7 Å². The minimum absolute atomic E-state index is 0.0534. The molecule has 0 heterocycles. The van der Waals surface area contributed by atoms with Crippen LogP contribution in [0.5, 0.6) is 0 Å². The van der Waals surface area contributed by atoms with Crippen molar-refractivity contribution in [3.63, 3.8) is 0 Å². The highest BCUT2D eigenvalue weighted by molar-refractivity contribution is 6.31. The topological polar surface area (TPSA) is 41.1 Å². The minimum Gasteiger partial charge on any atom is -0.325 e. The number of amides is 1. The van der Waals surface area contributed by atoms with Crippen LogP contribution < -0.4 is 10.6 Å². The first-order chi connectivity index (χ1) is 9.48. The van der Waals surface area contributed by atoms with Gasteiger partial charge in [0, 0.05) is 16.2 Å². The van der Waals surface area contributed by atoms with E-state index < -0.39 is 0 Å². The molecule has 0 saturated heterocycles. The summed E-state index contributed by atoms with van der Waals surface area (Å²) in [6.45, 7) is 13.1.